The zero-order valence-electron chi connectivity index (χ0n) is 13.2. The van der Waals surface area contributed by atoms with Gasteiger partial charge < -0.3 is 15.2 Å². The van der Waals surface area contributed by atoms with Gasteiger partial charge in [0.2, 0.25) is 5.88 Å². The maximum absolute atomic E-state index is 5.80. The lowest BCUT2D eigenvalue weighted by atomic mass is 9.90. The summed E-state index contributed by atoms with van der Waals surface area (Å²) in [6, 6.07) is 10.7. The Morgan fingerprint density at radius 2 is 2.17 bits per heavy atom. The van der Waals surface area contributed by atoms with E-state index in [4.69, 9.17) is 15.2 Å². The maximum Gasteiger partial charge on any atom is 0.282 e. The van der Waals surface area contributed by atoms with Gasteiger partial charge in [0.05, 0.1) is 7.11 Å². The smallest absolute Gasteiger partial charge is 0.282 e. The predicted octanol–water partition coefficient (Wildman–Crippen LogP) is 2.33. The number of hydrogen-bond acceptors (Lipinski definition) is 5. The summed E-state index contributed by atoms with van der Waals surface area (Å²) >= 11 is 0. The van der Waals surface area contributed by atoms with Gasteiger partial charge in [0.25, 0.3) is 6.02 Å². The Balaban J connectivity index is 1.79. The van der Waals surface area contributed by atoms with E-state index in [1.807, 2.05) is 19.1 Å². The van der Waals surface area contributed by atoms with Crippen molar-refractivity contribution in [3.63, 3.8) is 0 Å². The minimum Gasteiger partial charge on any atom is -0.481 e. The SMILES string of the molecule is COc1cc(-c2cccc3c2C[C@@]2(C3)N=C(N)O[C@@H]2C)ccn1. The first-order chi connectivity index (χ1) is 11.1. The van der Waals surface area contributed by atoms with Crippen molar-refractivity contribution in [3.8, 4) is 17.0 Å². The number of aliphatic imine (C=N–C) groups is 1. The van der Waals surface area contributed by atoms with Crippen molar-refractivity contribution in [2.75, 3.05) is 7.11 Å². The number of benzene rings is 1. The molecular weight excluding hydrogens is 290 g/mol. The molecule has 2 atom stereocenters. The highest BCUT2D eigenvalue weighted by atomic mass is 16.5. The lowest BCUT2D eigenvalue weighted by Gasteiger charge is -2.23. The molecule has 4 rings (SSSR count). The molecule has 2 aromatic rings. The number of aromatic nitrogens is 1. The molecule has 0 saturated heterocycles. The molecule has 5 nitrogen and oxygen atoms in total. The zero-order valence-corrected chi connectivity index (χ0v) is 13.2. The number of methoxy groups -OCH3 is 1. The third-order valence-electron chi connectivity index (χ3n) is 4.89. The number of nitrogens with two attached hydrogens (primary N) is 1. The molecule has 5 heteroatoms. The van der Waals surface area contributed by atoms with E-state index in [1.54, 1.807) is 13.3 Å². The lowest BCUT2D eigenvalue weighted by Crippen LogP contribution is -2.36. The first-order valence-corrected chi connectivity index (χ1v) is 7.74. The molecule has 23 heavy (non-hydrogen) atoms. The van der Waals surface area contributed by atoms with Gasteiger partial charge in [-0.3, -0.25) is 0 Å². The minimum atomic E-state index is -0.264. The van der Waals surface area contributed by atoms with E-state index in [0.717, 1.165) is 18.4 Å². The Labute approximate surface area is 135 Å². The van der Waals surface area contributed by atoms with E-state index >= 15 is 0 Å². The van der Waals surface area contributed by atoms with Crippen molar-refractivity contribution in [1.82, 2.24) is 4.98 Å². The van der Waals surface area contributed by atoms with E-state index in [0.29, 0.717) is 11.9 Å². The number of hydrogen-bond donors (Lipinski definition) is 1. The van der Waals surface area contributed by atoms with Crippen LogP contribution >= 0.6 is 0 Å². The van der Waals surface area contributed by atoms with Crippen LogP contribution in [0.25, 0.3) is 11.1 Å². The molecule has 1 aliphatic carbocycles. The van der Waals surface area contributed by atoms with Gasteiger partial charge in [0.1, 0.15) is 11.6 Å². The lowest BCUT2D eigenvalue weighted by molar-refractivity contribution is 0.157. The second-order valence-corrected chi connectivity index (χ2v) is 6.20. The van der Waals surface area contributed by atoms with Crippen LogP contribution < -0.4 is 10.5 Å². The fourth-order valence-corrected chi connectivity index (χ4v) is 3.66. The number of ether oxygens (including phenoxy) is 2. The van der Waals surface area contributed by atoms with Crippen LogP contribution in [0, 0.1) is 0 Å². The molecule has 0 bridgehead atoms. The molecule has 0 fully saturated rings. The maximum atomic E-state index is 5.80. The molecule has 1 spiro atoms. The molecule has 1 aromatic carbocycles. The van der Waals surface area contributed by atoms with Crippen LogP contribution in [0.3, 0.4) is 0 Å². The van der Waals surface area contributed by atoms with Crippen molar-refractivity contribution in [3.05, 3.63) is 47.7 Å². The second kappa shape index (κ2) is 4.98. The van der Waals surface area contributed by atoms with Gasteiger partial charge in [0.15, 0.2) is 0 Å². The molecule has 0 saturated carbocycles. The molecule has 2 N–H and O–H groups in total. The van der Waals surface area contributed by atoms with Crippen molar-refractivity contribution >= 4 is 6.02 Å². The van der Waals surface area contributed by atoms with E-state index in [-0.39, 0.29) is 11.6 Å². The monoisotopic (exact) mass is 309 g/mol. The molecule has 1 aliphatic heterocycles. The Bertz CT molecular complexity index is 803. The van der Waals surface area contributed by atoms with Gasteiger partial charge in [0, 0.05) is 25.1 Å². The largest absolute Gasteiger partial charge is 0.481 e. The van der Waals surface area contributed by atoms with Gasteiger partial charge in [-0.25, -0.2) is 9.98 Å². The van der Waals surface area contributed by atoms with Crippen molar-refractivity contribution in [1.29, 1.82) is 0 Å². The van der Waals surface area contributed by atoms with Crippen LogP contribution in [0.5, 0.6) is 5.88 Å². The highest BCUT2D eigenvalue weighted by Gasteiger charge is 2.48. The van der Waals surface area contributed by atoms with E-state index in [9.17, 15) is 0 Å². The normalized spacial score (nSPS) is 25.1. The fourth-order valence-electron chi connectivity index (χ4n) is 3.66. The van der Waals surface area contributed by atoms with Gasteiger partial charge in [-0.1, -0.05) is 18.2 Å². The first kappa shape index (κ1) is 14.1. The van der Waals surface area contributed by atoms with Crippen molar-refractivity contribution in [2.45, 2.75) is 31.4 Å². The minimum absolute atomic E-state index is 0.00488. The molecule has 118 valence electrons. The summed E-state index contributed by atoms with van der Waals surface area (Å²) in [5.74, 6) is 0.618. The van der Waals surface area contributed by atoms with Crippen LogP contribution in [0.4, 0.5) is 0 Å². The summed E-state index contributed by atoms with van der Waals surface area (Å²) in [6.07, 6.45) is 3.47. The number of pyridine rings is 1. The summed E-state index contributed by atoms with van der Waals surface area (Å²) in [5.41, 5.74) is 10.5. The predicted molar refractivity (Wildman–Crippen MR) is 88.5 cm³/mol. The second-order valence-electron chi connectivity index (χ2n) is 6.20. The Kier molecular flexibility index (Phi) is 3.04. The zero-order chi connectivity index (χ0) is 16.0. The Morgan fingerprint density at radius 3 is 2.91 bits per heavy atom. The molecular formula is C18H19N3O2. The van der Waals surface area contributed by atoms with Crippen LogP contribution in [0.15, 0.2) is 41.5 Å². The fraction of sp³-hybridized carbons (Fsp3) is 0.333. The van der Waals surface area contributed by atoms with Crippen LogP contribution in [0.2, 0.25) is 0 Å². The number of amidine groups is 1. The number of fused-ring (bicyclic) bond motifs is 1. The van der Waals surface area contributed by atoms with Gasteiger partial charge >= 0.3 is 0 Å². The first-order valence-electron chi connectivity index (χ1n) is 7.74. The molecule has 2 heterocycles. The summed E-state index contributed by atoms with van der Waals surface area (Å²) in [4.78, 5) is 8.81. The third kappa shape index (κ3) is 2.15. The summed E-state index contributed by atoms with van der Waals surface area (Å²) < 4.78 is 10.9. The number of nitrogens with zero attached hydrogens (tertiary/aromatic N) is 2. The summed E-state index contributed by atoms with van der Waals surface area (Å²) in [6.45, 7) is 2.05. The summed E-state index contributed by atoms with van der Waals surface area (Å²) in [5, 5.41) is 0. The third-order valence-corrected chi connectivity index (χ3v) is 4.89. The number of rotatable bonds is 2. The van der Waals surface area contributed by atoms with Crippen LogP contribution in [0.1, 0.15) is 18.1 Å². The summed E-state index contributed by atoms with van der Waals surface area (Å²) in [7, 11) is 1.63. The molecule has 0 unspecified atom stereocenters. The van der Waals surface area contributed by atoms with E-state index in [1.165, 1.54) is 16.7 Å². The van der Waals surface area contributed by atoms with Gasteiger partial charge in [-0.05, 0) is 35.2 Å². The highest BCUT2D eigenvalue weighted by Crippen LogP contribution is 2.43. The molecule has 2 aliphatic rings. The Hall–Kier alpha value is -2.56. The standard InChI is InChI=1S/C18H19N3O2/c1-11-18(21-17(19)23-11)9-13-4-3-5-14(15(13)10-18)12-6-7-20-16(8-12)22-2/h3-8,11H,9-10H2,1-2H3,(H2,19,21)/t11-,18-/m1/s1. The van der Waals surface area contributed by atoms with Crippen LogP contribution in [-0.4, -0.2) is 29.8 Å². The molecule has 0 amide bonds. The quantitative estimate of drug-likeness (QED) is 0.924. The average Bonchev–Trinajstić information content (AvgIpc) is 3.06. The van der Waals surface area contributed by atoms with Gasteiger partial charge in [-0.15, -0.1) is 0 Å². The highest BCUT2D eigenvalue weighted by molar-refractivity contribution is 5.76. The topological polar surface area (TPSA) is 69.7 Å². The molecule has 1 aromatic heterocycles. The van der Waals surface area contributed by atoms with Gasteiger partial charge in [-0.2, -0.15) is 0 Å². The van der Waals surface area contributed by atoms with Crippen molar-refractivity contribution in [2.24, 2.45) is 10.7 Å². The van der Waals surface area contributed by atoms with E-state index < -0.39 is 0 Å². The molecule has 0 radical (unpaired) electrons. The van der Waals surface area contributed by atoms with Crippen molar-refractivity contribution < 1.29 is 9.47 Å². The Morgan fingerprint density at radius 1 is 1.30 bits per heavy atom. The van der Waals surface area contributed by atoms with E-state index in [2.05, 4.69) is 28.2 Å². The van der Waals surface area contributed by atoms with Crippen LogP contribution in [-0.2, 0) is 17.6 Å². The average molecular weight is 309 g/mol.